The van der Waals surface area contributed by atoms with Crippen LogP contribution in [0.25, 0.3) is 10.2 Å². The third kappa shape index (κ3) is 20.0. The van der Waals surface area contributed by atoms with Gasteiger partial charge in [0.25, 0.3) is 0 Å². The number of aromatic nitrogens is 1. The number of benzene rings is 4. The van der Waals surface area contributed by atoms with Crippen LogP contribution in [-0.2, 0) is 54.0 Å². The van der Waals surface area contributed by atoms with E-state index in [0.717, 1.165) is 59.7 Å². The number of nitrogens with zero attached hydrogens (tertiary/aromatic N) is 2. The van der Waals surface area contributed by atoms with E-state index in [1.807, 2.05) is 24.3 Å². The minimum atomic E-state index is -0.765. The number of nitrogens with one attached hydrogen (secondary N) is 1. The topological polar surface area (TPSA) is 223 Å². The largest absolute Gasteiger partial charge is 0.490 e. The van der Waals surface area contributed by atoms with Gasteiger partial charge in [-0.1, -0.05) is 62.3 Å². The van der Waals surface area contributed by atoms with E-state index in [4.69, 9.17) is 42.6 Å². The molecular weight excluding hydrogens is 1020 g/mol. The molecule has 0 saturated heterocycles. The summed E-state index contributed by atoms with van der Waals surface area (Å²) < 4.78 is 51.5. The van der Waals surface area contributed by atoms with E-state index < -0.39 is 42.1 Å². The van der Waals surface area contributed by atoms with Crippen LogP contribution in [0.3, 0.4) is 0 Å². The van der Waals surface area contributed by atoms with E-state index in [1.165, 1.54) is 35.8 Å². The molecule has 1 fully saturated rings. The Morgan fingerprint density at radius 2 is 1.26 bits per heavy atom. The Kier molecular flexibility index (Phi) is 24.0. The Morgan fingerprint density at radius 1 is 0.654 bits per heavy atom. The maximum atomic E-state index is 13.5. The number of hydrogen-bond donors (Lipinski definition) is 1. The molecular formula is C59H63N3O15S. The van der Waals surface area contributed by atoms with E-state index in [1.54, 1.807) is 54.6 Å². The maximum absolute atomic E-state index is 13.5. The first-order valence-corrected chi connectivity index (χ1v) is 26.2. The summed E-state index contributed by atoms with van der Waals surface area (Å²) in [6.07, 6.45) is 9.72. The average molecular weight is 1090 g/mol. The Hall–Kier alpha value is -8.26. The molecule has 1 heterocycles. The van der Waals surface area contributed by atoms with Crippen molar-refractivity contribution < 1.29 is 71.4 Å². The highest BCUT2D eigenvalue weighted by atomic mass is 32.1. The number of allylic oxidation sites excluding steroid dienone is 1. The van der Waals surface area contributed by atoms with Crippen molar-refractivity contribution in [3.8, 4) is 17.2 Å². The Labute approximate surface area is 456 Å². The number of hydrazone groups is 1. The summed E-state index contributed by atoms with van der Waals surface area (Å²) in [6.45, 7) is 15.0. The standard InChI is InChI=1S/C59H63N3O15S/c1-5-51(63)49-34-43(49)15-11-12-29-69-36-47(75-55(65)7-3)38-73-45-23-19-41(20-24-45)57(67)72-32-28-40-18-27-52(44(33-40)35-60-62-59-61-50-16-9-10-17-53(50)78-59)77-58(68)42-21-25-46(26-22-42)74-39-48(76-56(66)8-4)37-70-30-13-14-31-71-54(64)6-2/h5-10,16-27,33,35,43,47-49H,1-4,11-15,28-32,34,36-39H2,(H,61,62)/b60-35+. The number of esters is 5. The van der Waals surface area contributed by atoms with Gasteiger partial charge in [-0.05, 0) is 122 Å². The number of carbonyl (C=O) groups is 6. The van der Waals surface area contributed by atoms with Gasteiger partial charge < -0.3 is 42.6 Å². The normalized spacial score (nSPS) is 14.3. The fourth-order valence-electron chi connectivity index (χ4n) is 7.58. The zero-order valence-electron chi connectivity index (χ0n) is 43.2. The molecule has 0 spiro atoms. The zero-order valence-corrected chi connectivity index (χ0v) is 44.0. The maximum Gasteiger partial charge on any atom is 0.343 e. The minimum absolute atomic E-state index is 0.00262. The van der Waals surface area contributed by atoms with Gasteiger partial charge in [-0.3, -0.25) is 10.2 Å². The molecule has 0 aliphatic heterocycles. The number of hydrogen-bond acceptors (Lipinski definition) is 19. The molecule has 1 aliphatic carbocycles. The number of carbonyl (C=O) groups excluding carboxylic acids is 6. The van der Waals surface area contributed by atoms with Crippen LogP contribution in [0.15, 0.2) is 147 Å². The van der Waals surface area contributed by atoms with Crippen molar-refractivity contribution in [3.63, 3.8) is 0 Å². The van der Waals surface area contributed by atoms with Crippen molar-refractivity contribution in [3.05, 3.63) is 164 Å². The van der Waals surface area contributed by atoms with Crippen LogP contribution in [0.4, 0.5) is 5.13 Å². The van der Waals surface area contributed by atoms with Crippen molar-refractivity contribution >= 4 is 68.5 Å². The van der Waals surface area contributed by atoms with Gasteiger partial charge in [0.15, 0.2) is 18.0 Å². The Bertz CT molecular complexity index is 2850. The van der Waals surface area contributed by atoms with Gasteiger partial charge >= 0.3 is 29.8 Å². The summed E-state index contributed by atoms with van der Waals surface area (Å²) in [7, 11) is 0. The number of unbranched alkanes of at least 4 members (excludes halogenated alkanes) is 2. The van der Waals surface area contributed by atoms with E-state index >= 15 is 0 Å². The van der Waals surface area contributed by atoms with Crippen LogP contribution in [0.1, 0.15) is 70.4 Å². The number of ether oxygens (including phenoxy) is 9. The molecule has 0 radical (unpaired) electrons. The third-order valence-electron chi connectivity index (χ3n) is 11.8. The van der Waals surface area contributed by atoms with Crippen molar-refractivity contribution in [1.82, 2.24) is 4.98 Å². The molecule has 1 N–H and O–H groups in total. The number of rotatable bonds is 36. The molecule has 410 valence electrons. The fourth-order valence-corrected chi connectivity index (χ4v) is 8.40. The van der Waals surface area contributed by atoms with Gasteiger partial charge in [0, 0.05) is 49.3 Å². The molecule has 1 saturated carbocycles. The molecule has 4 aromatic carbocycles. The van der Waals surface area contributed by atoms with Crippen molar-refractivity contribution in [1.29, 1.82) is 0 Å². The van der Waals surface area contributed by atoms with Gasteiger partial charge in [0.05, 0.1) is 54.0 Å². The summed E-state index contributed by atoms with van der Waals surface area (Å²) in [4.78, 5) is 78.2. The van der Waals surface area contributed by atoms with Crippen LogP contribution >= 0.6 is 11.3 Å². The van der Waals surface area contributed by atoms with E-state index in [0.29, 0.717) is 66.2 Å². The molecule has 19 heteroatoms. The first kappa shape index (κ1) is 59.0. The van der Waals surface area contributed by atoms with Gasteiger partial charge in [-0.15, -0.1) is 0 Å². The van der Waals surface area contributed by atoms with E-state index in [9.17, 15) is 28.8 Å². The summed E-state index contributed by atoms with van der Waals surface area (Å²) in [5, 5.41) is 4.95. The fraction of sp³-hybridized carbons (Fsp3) is 0.322. The second-order valence-corrected chi connectivity index (χ2v) is 18.7. The third-order valence-corrected chi connectivity index (χ3v) is 12.8. The molecule has 0 bridgehead atoms. The number of para-hydroxylation sites is 1. The predicted octanol–water partition coefficient (Wildman–Crippen LogP) is 9.42. The predicted molar refractivity (Wildman–Crippen MR) is 293 cm³/mol. The van der Waals surface area contributed by atoms with Gasteiger partial charge in [0.2, 0.25) is 5.13 Å². The summed E-state index contributed by atoms with van der Waals surface area (Å²) in [6, 6.07) is 25.4. The molecule has 1 aromatic heterocycles. The van der Waals surface area contributed by atoms with Crippen LogP contribution in [0, 0.1) is 11.8 Å². The van der Waals surface area contributed by atoms with E-state index in [2.05, 4.69) is 41.8 Å². The second kappa shape index (κ2) is 31.7. The summed E-state index contributed by atoms with van der Waals surface area (Å²) in [5.74, 6) is -1.29. The smallest absolute Gasteiger partial charge is 0.343 e. The van der Waals surface area contributed by atoms with Crippen molar-refractivity contribution in [2.45, 2.75) is 57.2 Å². The van der Waals surface area contributed by atoms with Crippen LogP contribution < -0.4 is 19.6 Å². The van der Waals surface area contributed by atoms with Gasteiger partial charge in [-0.25, -0.2) is 29.0 Å². The molecule has 4 atom stereocenters. The summed E-state index contributed by atoms with van der Waals surface area (Å²) in [5.41, 5.74) is 5.49. The summed E-state index contributed by atoms with van der Waals surface area (Å²) >= 11 is 1.42. The molecule has 18 nitrogen and oxygen atoms in total. The average Bonchev–Trinajstić information content (AvgIpc) is 4.12. The number of thiazole rings is 1. The second-order valence-electron chi connectivity index (χ2n) is 17.6. The highest BCUT2D eigenvalue weighted by Crippen LogP contribution is 2.43. The lowest BCUT2D eigenvalue weighted by Gasteiger charge is -2.18. The highest BCUT2D eigenvalue weighted by Gasteiger charge is 2.40. The molecule has 5 aromatic rings. The number of fused-ring (bicyclic) bond motifs is 1. The van der Waals surface area contributed by atoms with Crippen LogP contribution in [0.2, 0.25) is 0 Å². The first-order chi connectivity index (χ1) is 37.9. The number of ketones is 1. The first-order valence-electron chi connectivity index (χ1n) is 25.3. The SMILES string of the molecule is C=CC(=O)OCCCCOCC(COc1ccc(C(=O)Oc2ccc(CCOC(=O)c3ccc(OCC(COCCCCC4CC4C(=O)C=C)OC(=O)C=C)cc3)cc2/C=N/Nc2nc3ccccc3s2)cc1)OC(=O)C=C. The number of anilines is 1. The Morgan fingerprint density at radius 3 is 1.87 bits per heavy atom. The van der Waals surface area contributed by atoms with Gasteiger partial charge in [-0.2, -0.15) is 5.10 Å². The zero-order chi connectivity index (χ0) is 55.5. The van der Waals surface area contributed by atoms with Crippen LogP contribution in [-0.4, -0.2) is 112 Å². The molecule has 78 heavy (non-hydrogen) atoms. The lowest BCUT2D eigenvalue weighted by molar-refractivity contribution is -0.148. The lowest BCUT2D eigenvalue weighted by atomic mass is 10.1. The highest BCUT2D eigenvalue weighted by molar-refractivity contribution is 7.22. The van der Waals surface area contributed by atoms with Crippen LogP contribution in [0.5, 0.6) is 17.2 Å². The van der Waals surface area contributed by atoms with Crippen molar-refractivity contribution in [2.75, 3.05) is 58.3 Å². The van der Waals surface area contributed by atoms with Gasteiger partial charge in [0.1, 0.15) is 30.5 Å². The monoisotopic (exact) mass is 1090 g/mol. The molecule has 0 amide bonds. The van der Waals surface area contributed by atoms with Crippen molar-refractivity contribution in [2.24, 2.45) is 16.9 Å². The molecule has 4 unspecified atom stereocenters. The minimum Gasteiger partial charge on any atom is -0.490 e. The van der Waals surface area contributed by atoms with E-state index in [-0.39, 0.29) is 62.7 Å². The lowest BCUT2D eigenvalue weighted by Crippen LogP contribution is -2.29. The molecule has 1 aliphatic rings. The Balaban J connectivity index is 0.997. The quantitative estimate of drug-likeness (QED) is 0.00750. The molecule has 6 rings (SSSR count).